The molecule has 3 heteroatoms. The van der Waals surface area contributed by atoms with Crippen molar-refractivity contribution >= 4 is 9.84 Å². The molecule has 14 heavy (non-hydrogen) atoms. The maximum atomic E-state index is 11.6. The molecule has 0 unspecified atom stereocenters. The van der Waals surface area contributed by atoms with Gasteiger partial charge in [0.15, 0.2) is 9.84 Å². The van der Waals surface area contributed by atoms with Crippen LogP contribution in [0.2, 0.25) is 0 Å². The van der Waals surface area contributed by atoms with Crippen molar-refractivity contribution in [1.29, 1.82) is 0 Å². The van der Waals surface area contributed by atoms with Gasteiger partial charge in [0, 0.05) is 0 Å². The van der Waals surface area contributed by atoms with E-state index >= 15 is 0 Å². The van der Waals surface area contributed by atoms with Crippen LogP contribution in [-0.4, -0.2) is 14.2 Å². The summed E-state index contributed by atoms with van der Waals surface area (Å²) in [5.74, 6) is 0.235. The summed E-state index contributed by atoms with van der Waals surface area (Å²) in [6.45, 7) is 3.92. The minimum Gasteiger partial charge on any atom is -0.224 e. The van der Waals surface area contributed by atoms with Crippen molar-refractivity contribution in [3.8, 4) is 0 Å². The van der Waals surface area contributed by atoms with Crippen molar-refractivity contribution in [3.63, 3.8) is 0 Å². The van der Waals surface area contributed by atoms with E-state index in [4.69, 9.17) is 0 Å². The van der Waals surface area contributed by atoms with Crippen LogP contribution in [0.25, 0.3) is 0 Å². The molecular formula is C11H16O2S. The first-order chi connectivity index (χ1) is 6.60. The van der Waals surface area contributed by atoms with E-state index in [0.29, 0.717) is 11.3 Å². The van der Waals surface area contributed by atoms with Crippen molar-refractivity contribution in [1.82, 2.24) is 0 Å². The van der Waals surface area contributed by atoms with Gasteiger partial charge in [0.1, 0.15) is 0 Å². The van der Waals surface area contributed by atoms with Gasteiger partial charge in [-0.1, -0.05) is 26.0 Å². The lowest BCUT2D eigenvalue weighted by Gasteiger charge is -2.03. The summed E-state index contributed by atoms with van der Waals surface area (Å²) in [6.07, 6.45) is 1.60. The Morgan fingerprint density at radius 3 is 2.07 bits per heavy atom. The molecule has 0 radical (unpaired) electrons. The maximum absolute atomic E-state index is 11.6. The summed E-state index contributed by atoms with van der Waals surface area (Å²) in [6, 6.07) is 7.15. The van der Waals surface area contributed by atoms with Crippen LogP contribution in [0.3, 0.4) is 0 Å². The Kier molecular flexibility index (Phi) is 3.69. The number of rotatable bonds is 4. The average Bonchev–Trinajstić information content (AvgIpc) is 2.18. The molecule has 0 saturated heterocycles. The largest absolute Gasteiger partial charge is 0.224 e. The minimum atomic E-state index is -3.04. The van der Waals surface area contributed by atoms with Gasteiger partial charge in [-0.15, -0.1) is 0 Å². The second-order valence-electron chi connectivity index (χ2n) is 3.32. The van der Waals surface area contributed by atoms with Crippen molar-refractivity contribution < 1.29 is 8.42 Å². The summed E-state index contributed by atoms with van der Waals surface area (Å²) < 4.78 is 23.3. The van der Waals surface area contributed by atoms with Crippen molar-refractivity contribution in [2.75, 3.05) is 5.75 Å². The van der Waals surface area contributed by atoms with E-state index in [0.717, 1.165) is 6.42 Å². The van der Waals surface area contributed by atoms with Crippen molar-refractivity contribution in [3.05, 3.63) is 29.8 Å². The third-order valence-corrected chi connectivity index (χ3v) is 4.10. The lowest BCUT2D eigenvalue weighted by molar-refractivity contribution is 0.594. The number of benzene rings is 1. The highest BCUT2D eigenvalue weighted by atomic mass is 32.2. The Morgan fingerprint density at radius 2 is 1.64 bits per heavy atom. The van der Waals surface area contributed by atoms with E-state index in [9.17, 15) is 8.42 Å². The quantitative estimate of drug-likeness (QED) is 0.768. The highest BCUT2D eigenvalue weighted by Crippen LogP contribution is 2.13. The molecule has 0 heterocycles. The Morgan fingerprint density at radius 1 is 1.07 bits per heavy atom. The monoisotopic (exact) mass is 212 g/mol. The fraction of sp³-hybridized carbons (Fsp3) is 0.455. The van der Waals surface area contributed by atoms with Gasteiger partial charge < -0.3 is 0 Å². The molecule has 0 aliphatic carbocycles. The van der Waals surface area contributed by atoms with Crippen LogP contribution in [0.5, 0.6) is 0 Å². The zero-order chi connectivity index (χ0) is 10.6. The molecule has 0 bridgehead atoms. The SMILES string of the molecule is CCCS(=O)(=O)c1ccc(CC)cc1. The summed E-state index contributed by atoms with van der Waals surface area (Å²) in [5, 5.41) is 0. The van der Waals surface area contributed by atoms with Gasteiger partial charge in [0.25, 0.3) is 0 Å². The number of aryl methyl sites for hydroxylation is 1. The first-order valence-corrected chi connectivity index (χ1v) is 6.57. The van der Waals surface area contributed by atoms with Crippen LogP contribution in [0.1, 0.15) is 25.8 Å². The lowest BCUT2D eigenvalue weighted by atomic mass is 10.2. The minimum absolute atomic E-state index is 0.235. The zero-order valence-electron chi connectivity index (χ0n) is 8.66. The van der Waals surface area contributed by atoms with Gasteiger partial charge in [-0.2, -0.15) is 0 Å². The fourth-order valence-electron chi connectivity index (χ4n) is 1.32. The van der Waals surface area contributed by atoms with Gasteiger partial charge >= 0.3 is 0 Å². The summed E-state index contributed by atoms with van der Waals surface area (Å²) in [7, 11) is -3.04. The average molecular weight is 212 g/mol. The second-order valence-corrected chi connectivity index (χ2v) is 5.43. The lowest BCUT2D eigenvalue weighted by Crippen LogP contribution is -2.05. The predicted molar refractivity (Wildman–Crippen MR) is 58.2 cm³/mol. The number of hydrogen-bond acceptors (Lipinski definition) is 2. The molecule has 0 atom stereocenters. The smallest absolute Gasteiger partial charge is 0.178 e. The summed E-state index contributed by atoms with van der Waals surface area (Å²) in [4.78, 5) is 0.441. The predicted octanol–water partition coefficient (Wildman–Crippen LogP) is 2.43. The van der Waals surface area contributed by atoms with E-state index in [2.05, 4.69) is 6.92 Å². The van der Waals surface area contributed by atoms with Crippen molar-refractivity contribution in [2.45, 2.75) is 31.6 Å². The molecule has 0 N–H and O–H groups in total. The molecule has 0 amide bonds. The first-order valence-electron chi connectivity index (χ1n) is 4.92. The van der Waals surface area contributed by atoms with Gasteiger partial charge in [-0.3, -0.25) is 0 Å². The Hall–Kier alpha value is -0.830. The van der Waals surface area contributed by atoms with Crippen LogP contribution in [0, 0.1) is 0 Å². The van der Waals surface area contributed by atoms with E-state index in [1.54, 1.807) is 12.1 Å². The topological polar surface area (TPSA) is 34.1 Å². The van der Waals surface area contributed by atoms with Gasteiger partial charge in [0.05, 0.1) is 10.6 Å². The Balaban J connectivity index is 2.97. The van der Waals surface area contributed by atoms with Gasteiger partial charge in [-0.25, -0.2) is 8.42 Å². The highest BCUT2D eigenvalue weighted by Gasteiger charge is 2.11. The number of hydrogen-bond donors (Lipinski definition) is 0. The molecule has 0 aliphatic heterocycles. The summed E-state index contributed by atoms with van der Waals surface area (Å²) in [5.41, 5.74) is 1.17. The maximum Gasteiger partial charge on any atom is 0.178 e. The van der Waals surface area contributed by atoms with Crippen molar-refractivity contribution in [2.24, 2.45) is 0 Å². The summed E-state index contributed by atoms with van der Waals surface area (Å²) >= 11 is 0. The Labute approximate surface area is 85.9 Å². The second kappa shape index (κ2) is 4.60. The Bertz CT molecular complexity index is 376. The van der Waals surface area contributed by atoms with Gasteiger partial charge in [-0.05, 0) is 30.5 Å². The molecule has 0 saturated carbocycles. The molecule has 0 aromatic heterocycles. The van der Waals surface area contributed by atoms with Crippen LogP contribution in [0.4, 0.5) is 0 Å². The molecule has 0 aliphatic rings. The molecule has 1 rings (SSSR count). The van der Waals surface area contributed by atoms with Gasteiger partial charge in [0.2, 0.25) is 0 Å². The van der Waals surface area contributed by atoms with Crippen LogP contribution in [-0.2, 0) is 16.3 Å². The van der Waals surface area contributed by atoms with Crippen LogP contribution in [0.15, 0.2) is 29.2 Å². The molecule has 0 spiro atoms. The standard InChI is InChI=1S/C11H16O2S/c1-3-9-14(12,13)11-7-5-10(4-2)6-8-11/h5-8H,3-4,9H2,1-2H3. The fourth-order valence-corrected chi connectivity index (χ4v) is 2.64. The first kappa shape index (κ1) is 11.2. The van der Waals surface area contributed by atoms with E-state index in [1.807, 2.05) is 19.1 Å². The van der Waals surface area contributed by atoms with E-state index in [1.165, 1.54) is 5.56 Å². The normalized spacial score (nSPS) is 11.6. The van der Waals surface area contributed by atoms with Crippen LogP contribution < -0.4 is 0 Å². The third kappa shape index (κ3) is 2.58. The zero-order valence-corrected chi connectivity index (χ0v) is 9.47. The highest BCUT2D eigenvalue weighted by molar-refractivity contribution is 7.91. The molecule has 1 aromatic carbocycles. The molecule has 1 aromatic rings. The molecule has 78 valence electrons. The van der Waals surface area contributed by atoms with E-state index < -0.39 is 9.84 Å². The van der Waals surface area contributed by atoms with E-state index in [-0.39, 0.29) is 5.75 Å². The van der Waals surface area contributed by atoms with Crippen LogP contribution >= 0.6 is 0 Å². The third-order valence-electron chi connectivity index (χ3n) is 2.16. The number of sulfone groups is 1. The molecule has 2 nitrogen and oxygen atoms in total. The molecule has 0 fully saturated rings. The molecular weight excluding hydrogens is 196 g/mol.